The number of likely N-dealkylation sites (tertiary alicyclic amines) is 1. The molecular weight excluding hydrogens is 208 g/mol. The minimum atomic E-state index is 0.554. The van der Waals surface area contributed by atoms with E-state index in [0.717, 1.165) is 6.54 Å². The molecule has 2 heteroatoms. The first-order chi connectivity index (χ1) is 8.42. The summed E-state index contributed by atoms with van der Waals surface area (Å²) in [5.41, 5.74) is 1.44. The molecule has 0 spiro atoms. The Bertz CT molecular complexity index is 278. The summed E-state index contributed by atoms with van der Waals surface area (Å²) in [4.78, 5) is 2.59. The Labute approximate surface area is 106 Å². The molecule has 96 valence electrons. The number of nitrogens with one attached hydrogen (secondary N) is 1. The summed E-state index contributed by atoms with van der Waals surface area (Å²) in [6.45, 7) is 7.55. The lowest BCUT2D eigenvalue weighted by Gasteiger charge is -2.27. The van der Waals surface area contributed by atoms with Crippen molar-refractivity contribution in [2.75, 3.05) is 26.7 Å². The largest absolute Gasteiger partial charge is 0.318 e. The number of hydrogen-bond acceptors (Lipinski definition) is 2. The normalized spacial score (nSPS) is 17.4. The van der Waals surface area contributed by atoms with Crippen molar-refractivity contribution in [2.24, 2.45) is 0 Å². The molecule has 1 aliphatic heterocycles. The molecule has 1 atom stereocenters. The molecule has 2 rings (SSSR count). The topological polar surface area (TPSA) is 15.3 Å². The number of likely N-dealkylation sites (N-methyl/N-ethyl adjacent to an activating group) is 1. The maximum Gasteiger partial charge on any atom is 0.0472 e. The fourth-order valence-corrected chi connectivity index (χ4v) is 2.38. The Morgan fingerprint density at radius 2 is 1.71 bits per heavy atom. The zero-order valence-corrected chi connectivity index (χ0v) is 11.4. The van der Waals surface area contributed by atoms with Crippen molar-refractivity contribution < 1.29 is 0 Å². The number of nitrogens with zero attached hydrogens (tertiary/aromatic N) is 1. The molecule has 1 heterocycles. The second-order valence-electron chi connectivity index (χ2n) is 4.23. The second-order valence-corrected chi connectivity index (χ2v) is 4.23. The van der Waals surface area contributed by atoms with E-state index in [1.54, 1.807) is 0 Å². The standard InChI is InChI=1S/C13H20N2.C2H6/c1-14-11-13(15-9-5-6-10-15)12-7-3-2-4-8-12;1-2/h2-4,7-8,13-14H,5-6,9-11H2,1H3;1-2H3. The first-order valence-electron chi connectivity index (χ1n) is 6.85. The van der Waals surface area contributed by atoms with E-state index in [-0.39, 0.29) is 0 Å². The van der Waals surface area contributed by atoms with Gasteiger partial charge in [-0.1, -0.05) is 44.2 Å². The van der Waals surface area contributed by atoms with Gasteiger partial charge < -0.3 is 5.32 Å². The van der Waals surface area contributed by atoms with Crippen molar-refractivity contribution in [1.29, 1.82) is 0 Å². The highest BCUT2D eigenvalue weighted by atomic mass is 15.2. The monoisotopic (exact) mass is 234 g/mol. The Morgan fingerprint density at radius 3 is 2.24 bits per heavy atom. The average molecular weight is 234 g/mol. The van der Waals surface area contributed by atoms with Crippen LogP contribution in [0.5, 0.6) is 0 Å². The summed E-state index contributed by atoms with van der Waals surface area (Å²) in [6, 6.07) is 11.4. The lowest BCUT2D eigenvalue weighted by molar-refractivity contribution is 0.242. The van der Waals surface area contributed by atoms with Gasteiger partial charge in [0, 0.05) is 12.6 Å². The number of rotatable bonds is 4. The average Bonchev–Trinajstić information content (AvgIpc) is 2.93. The summed E-state index contributed by atoms with van der Waals surface area (Å²) in [5.74, 6) is 0. The lowest BCUT2D eigenvalue weighted by atomic mass is 10.1. The predicted octanol–water partition coefficient (Wildman–Crippen LogP) is 3.07. The molecule has 1 saturated heterocycles. The molecule has 1 N–H and O–H groups in total. The van der Waals surface area contributed by atoms with Gasteiger partial charge in [0.05, 0.1) is 0 Å². The van der Waals surface area contributed by atoms with E-state index in [1.807, 2.05) is 20.9 Å². The second kappa shape index (κ2) is 8.26. The summed E-state index contributed by atoms with van der Waals surface area (Å²) < 4.78 is 0. The molecule has 0 radical (unpaired) electrons. The van der Waals surface area contributed by atoms with E-state index in [9.17, 15) is 0 Å². The molecule has 1 unspecified atom stereocenters. The summed E-state index contributed by atoms with van der Waals surface area (Å²) in [5, 5.41) is 3.30. The smallest absolute Gasteiger partial charge is 0.0472 e. The van der Waals surface area contributed by atoms with Crippen molar-refractivity contribution in [1.82, 2.24) is 10.2 Å². The van der Waals surface area contributed by atoms with E-state index in [1.165, 1.54) is 31.5 Å². The zero-order valence-electron chi connectivity index (χ0n) is 11.4. The van der Waals surface area contributed by atoms with Crippen LogP contribution >= 0.6 is 0 Å². The molecule has 0 saturated carbocycles. The SMILES string of the molecule is CC.CNCC(c1ccccc1)N1CCCC1. The minimum Gasteiger partial charge on any atom is -0.318 e. The van der Waals surface area contributed by atoms with Gasteiger partial charge in [0.15, 0.2) is 0 Å². The third kappa shape index (κ3) is 4.14. The van der Waals surface area contributed by atoms with Crippen LogP contribution in [0, 0.1) is 0 Å². The van der Waals surface area contributed by atoms with Gasteiger partial charge in [-0.2, -0.15) is 0 Å². The highest BCUT2D eigenvalue weighted by molar-refractivity contribution is 5.19. The number of benzene rings is 1. The lowest BCUT2D eigenvalue weighted by Crippen LogP contribution is -2.32. The molecule has 0 aliphatic carbocycles. The molecule has 1 fully saturated rings. The van der Waals surface area contributed by atoms with E-state index >= 15 is 0 Å². The predicted molar refractivity (Wildman–Crippen MR) is 75.3 cm³/mol. The van der Waals surface area contributed by atoms with Crippen molar-refractivity contribution in [2.45, 2.75) is 32.7 Å². The van der Waals surface area contributed by atoms with Gasteiger partial charge in [-0.15, -0.1) is 0 Å². The zero-order chi connectivity index (χ0) is 12.5. The van der Waals surface area contributed by atoms with Crippen LogP contribution < -0.4 is 5.32 Å². The van der Waals surface area contributed by atoms with Gasteiger partial charge in [-0.3, -0.25) is 4.90 Å². The van der Waals surface area contributed by atoms with Crippen molar-refractivity contribution in [3.05, 3.63) is 35.9 Å². The van der Waals surface area contributed by atoms with Crippen LogP contribution in [0.4, 0.5) is 0 Å². The van der Waals surface area contributed by atoms with Gasteiger partial charge in [-0.25, -0.2) is 0 Å². The highest BCUT2D eigenvalue weighted by Gasteiger charge is 2.22. The molecule has 2 nitrogen and oxygen atoms in total. The molecule has 0 aromatic heterocycles. The van der Waals surface area contributed by atoms with E-state index in [4.69, 9.17) is 0 Å². The summed E-state index contributed by atoms with van der Waals surface area (Å²) in [7, 11) is 2.03. The van der Waals surface area contributed by atoms with E-state index < -0.39 is 0 Å². The quantitative estimate of drug-likeness (QED) is 0.861. The molecule has 1 aromatic rings. The van der Waals surface area contributed by atoms with Gasteiger partial charge in [-0.05, 0) is 38.5 Å². The van der Waals surface area contributed by atoms with Crippen LogP contribution in [0.15, 0.2) is 30.3 Å². The fraction of sp³-hybridized carbons (Fsp3) is 0.600. The molecular formula is C15H26N2. The third-order valence-electron chi connectivity index (χ3n) is 3.16. The minimum absolute atomic E-state index is 0.554. The van der Waals surface area contributed by atoms with Crippen molar-refractivity contribution >= 4 is 0 Å². The van der Waals surface area contributed by atoms with Crippen LogP contribution in [0.1, 0.15) is 38.3 Å². The van der Waals surface area contributed by atoms with Crippen LogP contribution in [0.2, 0.25) is 0 Å². The van der Waals surface area contributed by atoms with Crippen LogP contribution in [0.25, 0.3) is 0 Å². The van der Waals surface area contributed by atoms with Gasteiger partial charge in [0.2, 0.25) is 0 Å². The highest BCUT2D eigenvalue weighted by Crippen LogP contribution is 2.24. The summed E-state index contributed by atoms with van der Waals surface area (Å²) >= 11 is 0. The Hall–Kier alpha value is -0.860. The van der Waals surface area contributed by atoms with Crippen LogP contribution in [-0.2, 0) is 0 Å². The van der Waals surface area contributed by atoms with Crippen molar-refractivity contribution in [3.63, 3.8) is 0 Å². The Balaban J connectivity index is 0.000000686. The first-order valence-corrected chi connectivity index (χ1v) is 6.85. The third-order valence-corrected chi connectivity index (χ3v) is 3.16. The Kier molecular flexibility index (Phi) is 6.90. The van der Waals surface area contributed by atoms with Crippen LogP contribution in [-0.4, -0.2) is 31.6 Å². The van der Waals surface area contributed by atoms with E-state index in [2.05, 4.69) is 40.5 Å². The van der Waals surface area contributed by atoms with Gasteiger partial charge in [0.25, 0.3) is 0 Å². The van der Waals surface area contributed by atoms with Crippen LogP contribution in [0.3, 0.4) is 0 Å². The maximum atomic E-state index is 3.30. The maximum absolute atomic E-state index is 3.30. The first kappa shape index (κ1) is 14.2. The molecule has 1 aliphatic rings. The summed E-state index contributed by atoms with van der Waals surface area (Å²) in [6.07, 6.45) is 2.71. The van der Waals surface area contributed by atoms with Gasteiger partial charge >= 0.3 is 0 Å². The Morgan fingerprint density at radius 1 is 1.12 bits per heavy atom. The fourth-order valence-electron chi connectivity index (χ4n) is 2.38. The van der Waals surface area contributed by atoms with Gasteiger partial charge in [0.1, 0.15) is 0 Å². The number of hydrogen-bond donors (Lipinski definition) is 1. The molecule has 0 bridgehead atoms. The molecule has 1 aromatic carbocycles. The van der Waals surface area contributed by atoms with E-state index in [0.29, 0.717) is 6.04 Å². The molecule has 17 heavy (non-hydrogen) atoms. The molecule has 0 amide bonds. The van der Waals surface area contributed by atoms with Crippen molar-refractivity contribution in [3.8, 4) is 0 Å².